The van der Waals surface area contributed by atoms with Gasteiger partial charge in [-0.25, -0.2) is 0 Å². The summed E-state index contributed by atoms with van der Waals surface area (Å²) in [6.45, 7) is 7.28. The smallest absolute Gasteiger partial charge is 0.313 e. The molecule has 0 aromatic heterocycles. The third-order valence-electron chi connectivity index (χ3n) is 2.33. The Morgan fingerprint density at radius 2 is 1.94 bits per heavy atom. The van der Waals surface area contributed by atoms with Crippen molar-refractivity contribution in [3.63, 3.8) is 0 Å². The maximum Gasteiger partial charge on any atom is 0.313 e. The molecule has 0 aromatic rings. The van der Waals surface area contributed by atoms with Crippen LogP contribution in [0.2, 0.25) is 0 Å². The number of carbonyl (C=O) groups excluding carboxylic acids is 2. The van der Waals surface area contributed by atoms with Crippen molar-refractivity contribution in [3.05, 3.63) is 0 Å². The fraction of sp³-hybridized carbons (Fsp3) is 0.833. The molecule has 0 radical (unpaired) electrons. The van der Waals surface area contributed by atoms with Gasteiger partial charge in [0.1, 0.15) is 18.1 Å². The quantitative estimate of drug-likeness (QED) is 0.546. The molecular weight excluding hydrogens is 208 g/mol. The first kappa shape index (κ1) is 13.2. The lowest BCUT2D eigenvalue weighted by Gasteiger charge is -2.19. The van der Waals surface area contributed by atoms with Crippen LogP contribution in [0.4, 0.5) is 0 Å². The third-order valence-corrected chi connectivity index (χ3v) is 2.33. The summed E-state index contributed by atoms with van der Waals surface area (Å²) in [4.78, 5) is 23.1. The molecule has 1 saturated heterocycles. The molecule has 0 spiro atoms. The van der Waals surface area contributed by atoms with Crippen molar-refractivity contribution in [2.45, 2.75) is 64.8 Å². The number of rotatable bonds is 3. The molecule has 0 amide bonds. The summed E-state index contributed by atoms with van der Waals surface area (Å²) in [7, 11) is 0. The highest BCUT2D eigenvalue weighted by Crippen LogP contribution is 2.21. The van der Waals surface area contributed by atoms with E-state index in [-0.39, 0.29) is 18.3 Å². The van der Waals surface area contributed by atoms with E-state index in [1.54, 1.807) is 20.8 Å². The lowest BCUT2D eigenvalue weighted by molar-refractivity contribution is -0.157. The molecule has 4 nitrogen and oxygen atoms in total. The van der Waals surface area contributed by atoms with Gasteiger partial charge >= 0.3 is 5.97 Å². The monoisotopic (exact) mass is 228 g/mol. The first-order valence-corrected chi connectivity index (χ1v) is 5.68. The van der Waals surface area contributed by atoms with E-state index in [1.165, 1.54) is 0 Å². The van der Waals surface area contributed by atoms with Gasteiger partial charge in [-0.2, -0.15) is 0 Å². The standard InChI is InChI=1S/C12H20O4/c1-8-5-6-10(15-8)9(13)7-11(14)16-12(2,3)4/h8,10H,5-7H2,1-4H3/t8-,10+/m1/s1. The van der Waals surface area contributed by atoms with Crippen LogP contribution < -0.4 is 0 Å². The molecule has 1 aliphatic rings. The van der Waals surface area contributed by atoms with Crippen molar-refractivity contribution in [2.24, 2.45) is 0 Å². The number of carbonyl (C=O) groups is 2. The van der Waals surface area contributed by atoms with Crippen molar-refractivity contribution in [1.82, 2.24) is 0 Å². The van der Waals surface area contributed by atoms with Crippen LogP contribution in [0, 0.1) is 0 Å². The Hall–Kier alpha value is -0.900. The molecule has 2 atom stereocenters. The van der Waals surface area contributed by atoms with Crippen LogP contribution in [0.15, 0.2) is 0 Å². The van der Waals surface area contributed by atoms with Crippen molar-refractivity contribution in [3.8, 4) is 0 Å². The maximum absolute atomic E-state index is 11.7. The Balaban J connectivity index is 2.37. The lowest BCUT2D eigenvalue weighted by Crippen LogP contribution is -2.29. The highest BCUT2D eigenvalue weighted by atomic mass is 16.6. The molecule has 0 aliphatic carbocycles. The largest absolute Gasteiger partial charge is 0.460 e. The Morgan fingerprint density at radius 3 is 2.38 bits per heavy atom. The van der Waals surface area contributed by atoms with E-state index in [1.807, 2.05) is 6.92 Å². The Labute approximate surface area is 96.3 Å². The van der Waals surface area contributed by atoms with Gasteiger partial charge in [-0.1, -0.05) is 0 Å². The van der Waals surface area contributed by atoms with E-state index in [9.17, 15) is 9.59 Å². The van der Waals surface area contributed by atoms with Gasteiger partial charge < -0.3 is 9.47 Å². The summed E-state index contributed by atoms with van der Waals surface area (Å²) in [5.41, 5.74) is -0.540. The van der Waals surface area contributed by atoms with Crippen molar-refractivity contribution in [1.29, 1.82) is 0 Å². The minimum absolute atomic E-state index is 0.118. The van der Waals surface area contributed by atoms with Crippen LogP contribution in [-0.4, -0.2) is 29.6 Å². The number of esters is 1. The van der Waals surface area contributed by atoms with Crippen LogP contribution in [0.25, 0.3) is 0 Å². The highest BCUT2D eigenvalue weighted by Gasteiger charge is 2.30. The minimum Gasteiger partial charge on any atom is -0.460 e. The second kappa shape index (κ2) is 4.95. The first-order chi connectivity index (χ1) is 7.28. The Morgan fingerprint density at radius 1 is 1.31 bits per heavy atom. The van der Waals surface area contributed by atoms with Crippen LogP contribution in [-0.2, 0) is 19.1 Å². The summed E-state index contributed by atoms with van der Waals surface area (Å²) in [5, 5.41) is 0. The van der Waals surface area contributed by atoms with E-state index in [4.69, 9.17) is 9.47 Å². The topological polar surface area (TPSA) is 52.6 Å². The molecule has 0 bridgehead atoms. The van der Waals surface area contributed by atoms with Gasteiger partial charge in [0, 0.05) is 0 Å². The van der Waals surface area contributed by atoms with Crippen LogP contribution in [0.3, 0.4) is 0 Å². The summed E-state index contributed by atoms with van der Waals surface area (Å²) < 4.78 is 10.5. The average Bonchev–Trinajstić information content (AvgIpc) is 2.47. The molecule has 0 saturated carbocycles. The summed E-state index contributed by atoms with van der Waals surface area (Å²) in [6.07, 6.45) is 1.11. The first-order valence-electron chi connectivity index (χ1n) is 5.68. The maximum atomic E-state index is 11.7. The molecule has 1 fully saturated rings. The molecule has 1 heterocycles. The van der Waals surface area contributed by atoms with E-state index in [2.05, 4.69) is 0 Å². The Bertz CT molecular complexity index is 277. The number of ether oxygens (including phenoxy) is 2. The molecule has 0 N–H and O–H groups in total. The third kappa shape index (κ3) is 4.31. The number of ketones is 1. The van der Waals surface area contributed by atoms with E-state index in [0.29, 0.717) is 6.42 Å². The van der Waals surface area contributed by atoms with E-state index < -0.39 is 17.7 Å². The summed E-state index contributed by atoms with van der Waals surface area (Å²) in [6, 6.07) is 0. The van der Waals surface area contributed by atoms with Crippen LogP contribution in [0.5, 0.6) is 0 Å². The normalized spacial score (nSPS) is 25.5. The predicted octanol–water partition coefficient (Wildman–Crippen LogP) is 1.85. The van der Waals surface area contributed by atoms with Gasteiger partial charge in [0.15, 0.2) is 5.78 Å². The molecular formula is C12H20O4. The van der Waals surface area contributed by atoms with Crippen molar-refractivity contribution >= 4 is 11.8 Å². The Kier molecular flexibility index (Phi) is 4.08. The number of hydrogen-bond donors (Lipinski definition) is 0. The zero-order valence-corrected chi connectivity index (χ0v) is 10.4. The van der Waals surface area contributed by atoms with Crippen molar-refractivity contribution in [2.75, 3.05) is 0 Å². The van der Waals surface area contributed by atoms with Gasteiger partial charge in [-0.15, -0.1) is 0 Å². The SMILES string of the molecule is C[C@@H]1CC[C@@H](C(=O)CC(=O)OC(C)(C)C)O1. The second-order valence-electron chi connectivity index (χ2n) is 5.24. The van der Waals surface area contributed by atoms with Crippen LogP contribution in [0.1, 0.15) is 47.0 Å². The zero-order valence-electron chi connectivity index (χ0n) is 10.4. The fourth-order valence-electron chi connectivity index (χ4n) is 1.67. The summed E-state index contributed by atoms with van der Waals surface area (Å²) >= 11 is 0. The molecule has 0 aromatic carbocycles. The van der Waals surface area contributed by atoms with Gasteiger partial charge in [0.2, 0.25) is 0 Å². The minimum atomic E-state index is -0.540. The summed E-state index contributed by atoms with van der Waals surface area (Å²) in [5.74, 6) is -0.640. The van der Waals surface area contributed by atoms with Crippen LogP contribution >= 0.6 is 0 Å². The zero-order chi connectivity index (χ0) is 12.3. The molecule has 1 aliphatic heterocycles. The predicted molar refractivity (Wildman–Crippen MR) is 59.0 cm³/mol. The molecule has 1 rings (SSSR count). The van der Waals surface area contributed by atoms with Gasteiger partial charge in [0.25, 0.3) is 0 Å². The molecule has 92 valence electrons. The highest BCUT2D eigenvalue weighted by molar-refractivity contribution is 5.98. The number of Topliss-reactive ketones (excluding diaryl/α,β-unsaturated/α-hetero) is 1. The van der Waals surface area contributed by atoms with Gasteiger partial charge in [-0.3, -0.25) is 9.59 Å². The average molecular weight is 228 g/mol. The molecule has 16 heavy (non-hydrogen) atoms. The van der Waals surface area contributed by atoms with Gasteiger partial charge in [0.05, 0.1) is 6.10 Å². The number of hydrogen-bond acceptors (Lipinski definition) is 4. The molecule has 0 unspecified atom stereocenters. The molecule has 4 heteroatoms. The van der Waals surface area contributed by atoms with E-state index >= 15 is 0 Å². The lowest BCUT2D eigenvalue weighted by atomic mass is 10.1. The van der Waals surface area contributed by atoms with Crippen molar-refractivity contribution < 1.29 is 19.1 Å². The fourth-order valence-corrected chi connectivity index (χ4v) is 1.67. The van der Waals surface area contributed by atoms with E-state index in [0.717, 1.165) is 6.42 Å². The second-order valence-corrected chi connectivity index (χ2v) is 5.24. The van der Waals surface area contributed by atoms with Gasteiger partial charge in [-0.05, 0) is 40.5 Å².